The molecule has 0 aromatic heterocycles. The van der Waals surface area contributed by atoms with Crippen LogP contribution in [-0.2, 0) is 57.7 Å². The Labute approximate surface area is 457 Å². The minimum atomic E-state index is -1.16. The number of carbonyl (C=O) groups excluding carboxylic acids is 7. The van der Waals surface area contributed by atoms with Gasteiger partial charge in [0.2, 0.25) is 30.0 Å². The van der Waals surface area contributed by atoms with E-state index in [1.54, 1.807) is 33.4 Å². The molecule has 5 amide bonds. The van der Waals surface area contributed by atoms with E-state index in [-0.39, 0.29) is 37.4 Å². The van der Waals surface area contributed by atoms with Gasteiger partial charge in [-0.15, -0.1) is 6.58 Å². The summed E-state index contributed by atoms with van der Waals surface area (Å²) in [5.41, 5.74) is 10.0. The van der Waals surface area contributed by atoms with Gasteiger partial charge in [0.25, 0.3) is 0 Å². The summed E-state index contributed by atoms with van der Waals surface area (Å²) in [6.07, 6.45) is 14.3. The number of amides is 5. The maximum absolute atomic E-state index is 14.1. The summed E-state index contributed by atoms with van der Waals surface area (Å²) < 4.78 is 11.3. The van der Waals surface area contributed by atoms with Crippen LogP contribution in [0, 0.1) is 0 Å². The molecule has 2 aliphatic rings. The van der Waals surface area contributed by atoms with E-state index in [0.717, 1.165) is 41.7 Å². The first-order chi connectivity index (χ1) is 37.4. The molecule has 0 saturated carbocycles. The molecule has 1 heterocycles. The number of nitrogens with zero attached hydrogens (tertiary/aromatic N) is 1. The van der Waals surface area contributed by atoms with Gasteiger partial charge in [0.15, 0.2) is 0 Å². The van der Waals surface area contributed by atoms with Crippen LogP contribution in [0.15, 0.2) is 134 Å². The van der Waals surface area contributed by atoms with E-state index in [1.165, 1.54) is 4.90 Å². The zero-order chi connectivity index (χ0) is 56.2. The van der Waals surface area contributed by atoms with Crippen molar-refractivity contribution in [2.45, 2.75) is 113 Å². The van der Waals surface area contributed by atoms with Gasteiger partial charge in [-0.2, -0.15) is 0 Å². The summed E-state index contributed by atoms with van der Waals surface area (Å²) in [7, 11) is 7.38. The second-order valence-corrected chi connectivity index (χ2v) is 18.9. The Morgan fingerprint density at radius 2 is 1.48 bits per heavy atom. The topological polar surface area (TPSA) is 251 Å². The van der Waals surface area contributed by atoms with Gasteiger partial charge in [0, 0.05) is 33.2 Å². The lowest BCUT2D eigenvalue weighted by atomic mass is 9.97. The molecule has 0 bridgehead atoms. The molecule has 3 aromatic carbocycles. The van der Waals surface area contributed by atoms with Crippen molar-refractivity contribution >= 4 is 52.0 Å². The predicted octanol–water partition coefficient (Wildman–Crippen LogP) is 3.72. The van der Waals surface area contributed by atoms with E-state index in [4.69, 9.17) is 15.2 Å². The highest BCUT2D eigenvalue weighted by Gasteiger charge is 2.43. The van der Waals surface area contributed by atoms with E-state index in [2.05, 4.69) is 59.5 Å². The van der Waals surface area contributed by atoms with Crippen LogP contribution in [0.1, 0.15) is 68.1 Å². The monoisotopic (exact) mass is 1080 g/mol. The van der Waals surface area contributed by atoms with Gasteiger partial charge in [-0.3, -0.25) is 29.1 Å². The van der Waals surface area contributed by atoms with Crippen LogP contribution in [0.25, 0.3) is 0 Å². The summed E-state index contributed by atoms with van der Waals surface area (Å²) in [5, 5.41) is 19.8. The number of hydrogen-bond acceptors (Lipinski definition) is 13. The molecule has 9 N–H and O–H groups in total. The van der Waals surface area contributed by atoms with Crippen LogP contribution in [0.2, 0.25) is 0 Å². The Kier molecular flexibility index (Phi) is 31.9. The van der Waals surface area contributed by atoms with Crippen molar-refractivity contribution in [3.63, 3.8) is 0 Å². The molecule has 3 aromatic rings. The van der Waals surface area contributed by atoms with Gasteiger partial charge < -0.3 is 61.6 Å². The first-order valence-corrected chi connectivity index (χ1v) is 26.7. The van der Waals surface area contributed by atoms with E-state index in [1.807, 2.05) is 97.1 Å². The summed E-state index contributed by atoms with van der Waals surface area (Å²) in [5.74, 6) is -1.07. The van der Waals surface area contributed by atoms with Gasteiger partial charge >= 0.3 is 0 Å². The molecule has 1 fully saturated rings. The molecule has 5 rings (SSSR count). The highest BCUT2D eigenvalue weighted by molar-refractivity contribution is 7.13. The predicted molar refractivity (Wildman–Crippen MR) is 305 cm³/mol. The molecule has 1 aliphatic heterocycles. The number of nitrogens with two attached hydrogens (primary N) is 1. The maximum Gasteiger partial charge on any atom is 0.247 e. The number of likely N-dealkylation sites (tertiary alicyclic amines) is 1. The molecule has 77 heavy (non-hydrogen) atoms. The number of carbonyl (C=O) groups is 7. The number of ether oxygens (including phenoxy) is 2. The Morgan fingerprint density at radius 3 is 2.05 bits per heavy atom. The molecule has 0 spiro atoms. The number of allylic oxidation sites excluding steroid dienone is 3. The minimum Gasteiger partial charge on any atom is -0.489 e. The third kappa shape index (κ3) is 24.1. The zero-order valence-corrected chi connectivity index (χ0v) is 46.1. The average Bonchev–Trinajstić information content (AvgIpc) is 3.91. The fourth-order valence-electron chi connectivity index (χ4n) is 8.35. The first-order valence-electron chi connectivity index (χ1n) is 26.1. The number of aldehydes is 2. The fraction of sp³-hybridized carbons (Fsp3) is 0.431. The van der Waals surface area contributed by atoms with E-state index >= 15 is 0 Å². The number of unbranched alkanes of at least 4 members (excludes halogenated alkanes) is 1. The molecular formula is C58H82N9O9P. The van der Waals surface area contributed by atoms with Crippen molar-refractivity contribution < 1.29 is 43.0 Å². The van der Waals surface area contributed by atoms with Crippen molar-refractivity contribution in [2.24, 2.45) is 5.73 Å². The lowest BCUT2D eigenvalue weighted by Gasteiger charge is -2.30. The highest BCUT2D eigenvalue weighted by Crippen LogP contribution is 2.24. The quantitative estimate of drug-likeness (QED) is 0.0193. The van der Waals surface area contributed by atoms with Crippen LogP contribution >= 0.6 is 9.39 Å². The molecule has 418 valence electrons. The van der Waals surface area contributed by atoms with Crippen LogP contribution in [0.5, 0.6) is 5.75 Å². The molecule has 18 nitrogen and oxygen atoms in total. The third-order valence-corrected chi connectivity index (χ3v) is 13.0. The summed E-state index contributed by atoms with van der Waals surface area (Å²) >= 11 is 0. The second-order valence-electron chi connectivity index (χ2n) is 18.5. The van der Waals surface area contributed by atoms with Gasteiger partial charge in [-0.05, 0) is 113 Å². The second kappa shape index (κ2) is 38.0. The lowest BCUT2D eigenvalue weighted by molar-refractivity contribution is -0.140. The van der Waals surface area contributed by atoms with Crippen LogP contribution in [-0.4, -0.2) is 137 Å². The number of nitrogens with one attached hydrogen (secondary N) is 7. The van der Waals surface area contributed by atoms with Crippen molar-refractivity contribution in [1.29, 1.82) is 0 Å². The van der Waals surface area contributed by atoms with Gasteiger partial charge in [-0.25, -0.2) is 0 Å². The smallest absolute Gasteiger partial charge is 0.247 e. The number of likely N-dealkylation sites (N-methyl/N-ethyl adjacent to an activating group) is 2. The number of benzene rings is 3. The van der Waals surface area contributed by atoms with Crippen LogP contribution in [0.4, 0.5) is 0 Å². The Hall–Kier alpha value is -6.66. The van der Waals surface area contributed by atoms with E-state index in [0.29, 0.717) is 88.5 Å². The first kappa shape index (κ1) is 64.6. The normalized spacial score (nSPS) is 16.4. The summed E-state index contributed by atoms with van der Waals surface area (Å²) in [4.78, 5) is 89.2. The van der Waals surface area contributed by atoms with Crippen LogP contribution < -0.4 is 47.5 Å². The molecule has 1 saturated heterocycles. The number of rotatable bonds is 32. The number of methoxy groups -OCH3 is 1. The summed E-state index contributed by atoms with van der Waals surface area (Å²) in [6.45, 7) is 10.5. The summed E-state index contributed by atoms with van der Waals surface area (Å²) in [6, 6.07) is 23.0. The average molecular weight is 1080 g/mol. The van der Waals surface area contributed by atoms with E-state index < -0.39 is 47.9 Å². The molecular weight excluding hydrogens is 998 g/mol. The van der Waals surface area contributed by atoms with Gasteiger partial charge in [-0.1, -0.05) is 119 Å². The van der Waals surface area contributed by atoms with Crippen molar-refractivity contribution in [1.82, 2.24) is 41.9 Å². The Balaban J connectivity index is 0.000000470. The van der Waals surface area contributed by atoms with Crippen LogP contribution in [0.3, 0.4) is 0 Å². The molecule has 19 heteroatoms. The lowest BCUT2D eigenvalue weighted by Crippen LogP contribution is -2.58. The molecule has 1 aliphatic carbocycles. The third-order valence-electron chi connectivity index (χ3n) is 12.7. The van der Waals surface area contributed by atoms with Gasteiger partial charge in [0.1, 0.15) is 43.1 Å². The maximum atomic E-state index is 14.1. The van der Waals surface area contributed by atoms with Gasteiger partial charge in [0.05, 0.1) is 24.2 Å². The molecule has 8 atom stereocenters. The SMILES string of the molecule is C=CCC(=C)CC(NC(=O)[C@H](NC(=O)C1CC(OC)CN1C(=O)[C@@H](Cc1ccccc1)NC)C1=CCCC=C1)C(=O)N[C@@H](C=O)CCCCN.CN[C@@H](C=O)Cc1ccc(OCc2ccccc2)cc1.O=CNCCNP. The zero-order valence-electron chi connectivity index (χ0n) is 45.0. The standard InChI is InChI=1S/C38H54N6O6.C17H19NO2.C3H9N2OP/c1-5-14-26(2)21-31(35(46)41-29(25-45)19-12-13-20-39)42-37(48)34(28-17-10-7-11-18-28)43-36(47)33-23-30(50-4)24-44(33)38(49)32(40-3)22-27-15-8-6-9-16-27;1-18-16(12-19)11-14-7-9-17(10-8-14)20-13-15-5-3-2-4-6-15;6-3-4-1-2-5-7/h5-6,8-10,15-18,25,29-34,40H,1-2,7,11-14,19-24,39H2,3-4H3,(H,41,46)(H,42,48)(H,43,47);2-10,12,16,18H,11,13H2,1H3;3,5H,1-2,7H2,(H,4,6)/t29-,30?,31?,32-,33?,34-;16-;/m11./s1. The Morgan fingerprint density at radius 1 is 0.805 bits per heavy atom. The fourth-order valence-corrected chi connectivity index (χ4v) is 8.50. The number of hydrogen-bond donors (Lipinski definition) is 8. The van der Waals surface area contributed by atoms with Crippen molar-refractivity contribution in [2.75, 3.05) is 47.4 Å². The van der Waals surface area contributed by atoms with E-state index in [9.17, 15) is 33.6 Å². The molecule has 0 radical (unpaired) electrons. The Bertz CT molecular complexity index is 2340. The largest absolute Gasteiger partial charge is 0.489 e. The highest BCUT2D eigenvalue weighted by atomic mass is 31.0. The van der Waals surface area contributed by atoms with Crippen molar-refractivity contribution in [3.8, 4) is 5.75 Å². The minimum absolute atomic E-state index is 0.0980. The van der Waals surface area contributed by atoms with Crippen molar-refractivity contribution in [3.05, 3.63) is 150 Å². The molecule has 4 unspecified atom stereocenters.